The molecule has 1 aromatic rings. The third-order valence-corrected chi connectivity index (χ3v) is 4.99. The number of nitrogens with two attached hydrogens (primary N) is 1. The Labute approximate surface area is 167 Å². The van der Waals surface area contributed by atoms with Gasteiger partial charge in [0.15, 0.2) is 5.96 Å². The molecule has 1 aliphatic carbocycles. The second-order valence-electron chi connectivity index (χ2n) is 6.58. The fourth-order valence-corrected chi connectivity index (χ4v) is 3.52. The van der Waals surface area contributed by atoms with Gasteiger partial charge in [-0.15, -0.1) is 24.0 Å². The fourth-order valence-electron chi connectivity index (χ4n) is 3.52. The fraction of sp³-hybridized carbons (Fsp3) is 0.611. The van der Waals surface area contributed by atoms with E-state index in [4.69, 9.17) is 15.2 Å². The summed E-state index contributed by atoms with van der Waals surface area (Å²) in [6.45, 7) is 2.49. The third kappa shape index (κ3) is 5.13. The lowest BCUT2D eigenvalue weighted by Gasteiger charge is -2.43. The lowest BCUT2D eigenvalue weighted by atomic mass is 9.85. The van der Waals surface area contributed by atoms with Crippen LogP contribution in [0.4, 0.5) is 5.69 Å². The molecule has 140 valence electrons. The van der Waals surface area contributed by atoms with Crippen LogP contribution in [0.25, 0.3) is 0 Å². The van der Waals surface area contributed by atoms with Gasteiger partial charge in [0.25, 0.3) is 0 Å². The quantitative estimate of drug-likeness (QED) is 0.402. The minimum absolute atomic E-state index is 0. The molecule has 0 radical (unpaired) electrons. The molecule has 2 aliphatic rings. The van der Waals surface area contributed by atoms with Crippen LogP contribution in [0.3, 0.4) is 0 Å². The maximum absolute atomic E-state index is 6.08. The zero-order valence-electron chi connectivity index (χ0n) is 15.0. The van der Waals surface area contributed by atoms with E-state index in [2.05, 4.69) is 15.2 Å². The van der Waals surface area contributed by atoms with Crippen LogP contribution in [0.15, 0.2) is 23.2 Å². The number of hydrogen-bond acceptors (Lipinski definition) is 4. The van der Waals surface area contributed by atoms with Crippen molar-refractivity contribution in [2.24, 2.45) is 10.7 Å². The average Bonchev–Trinajstić information content (AvgIpc) is 2.58. The number of piperidine rings is 1. The van der Waals surface area contributed by atoms with E-state index < -0.39 is 0 Å². The molecule has 3 rings (SSSR count). The van der Waals surface area contributed by atoms with Crippen molar-refractivity contribution < 1.29 is 9.47 Å². The van der Waals surface area contributed by atoms with Gasteiger partial charge in [-0.1, -0.05) is 6.42 Å². The van der Waals surface area contributed by atoms with Crippen LogP contribution in [0.5, 0.6) is 11.5 Å². The van der Waals surface area contributed by atoms with Crippen molar-refractivity contribution in [1.82, 2.24) is 4.90 Å². The van der Waals surface area contributed by atoms with Gasteiger partial charge < -0.3 is 25.4 Å². The first kappa shape index (κ1) is 20.1. The van der Waals surface area contributed by atoms with Gasteiger partial charge in [0, 0.05) is 12.1 Å². The molecule has 0 amide bonds. The summed E-state index contributed by atoms with van der Waals surface area (Å²) in [6, 6.07) is 6.58. The maximum atomic E-state index is 6.08. The van der Waals surface area contributed by atoms with Crippen LogP contribution in [-0.4, -0.2) is 50.3 Å². The number of hydrogen-bond donors (Lipinski definition) is 2. The van der Waals surface area contributed by atoms with Crippen LogP contribution in [-0.2, 0) is 0 Å². The zero-order valence-corrected chi connectivity index (χ0v) is 17.4. The molecule has 0 atom stereocenters. The number of methoxy groups -OCH3 is 2. The Kier molecular flexibility index (Phi) is 7.61. The molecule has 3 N–H and O–H groups in total. The first-order valence-electron chi connectivity index (χ1n) is 8.76. The number of likely N-dealkylation sites (tertiary alicyclic amines) is 1. The Hall–Kier alpha value is -1.22. The van der Waals surface area contributed by atoms with Gasteiger partial charge in [-0.05, 0) is 50.9 Å². The normalized spacial score (nSPS) is 24.0. The Morgan fingerprint density at radius 1 is 1.16 bits per heavy atom. The summed E-state index contributed by atoms with van der Waals surface area (Å²) in [5.41, 5.74) is 6.85. The molecule has 0 spiro atoms. The maximum Gasteiger partial charge on any atom is 0.193 e. The first-order chi connectivity index (χ1) is 11.7. The highest BCUT2D eigenvalue weighted by molar-refractivity contribution is 14.0. The van der Waals surface area contributed by atoms with E-state index in [0.717, 1.165) is 24.3 Å². The summed E-state index contributed by atoms with van der Waals surface area (Å²) in [7, 11) is 3.27. The first-order valence-corrected chi connectivity index (χ1v) is 8.76. The van der Waals surface area contributed by atoms with E-state index in [1.54, 1.807) is 14.2 Å². The van der Waals surface area contributed by atoms with Crippen molar-refractivity contribution in [3.8, 4) is 11.5 Å². The molecule has 1 aromatic carbocycles. The van der Waals surface area contributed by atoms with E-state index >= 15 is 0 Å². The monoisotopic (exact) mass is 460 g/mol. The zero-order chi connectivity index (χ0) is 16.9. The number of nitrogens with one attached hydrogen (secondary N) is 1. The third-order valence-electron chi connectivity index (χ3n) is 4.99. The topological polar surface area (TPSA) is 72.1 Å². The van der Waals surface area contributed by atoms with Gasteiger partial charge >= 0.3 is 0 Å². The molecular formula is C18H29IN4O2. The number of aliphatic imine (C=N–C) groups is 1. The summed E-state index contributed by atoms with van der Waals surface area (Å²) in [5, 5.41) is 3.14. The molecule has 2 fully saturated rings. The highest BCUT2D eigenvalue weighted by Crippen LogP contribution is 2.31. The largest absolute Gasteiger partial charge is 0.497 e. The van der Waals surface area contributed by atoms with Gasteiger partial charge in [0.2, 0.25) is 0 Å². The predicted octanol–water partition coefficient (Wildman–Crippen LogP) is 3.07. The van der Waals surface area contributed by atoms with Crippen LogP contribution >= 0.6 is 24.0 Å². The van der Waals surface area contributed by atoms with Crippen LogP contribution in [0.2, 0.25) is 0 Å². The Morgan fingerprint density at radius 2 is 1.88 bits per heavy atom. The van der Waals surface area contributed by atoms with Crippen molar-refractivity contribution in [3.05, 3.63) is 18.2 Å². The summed E-state index contributed by atoms with van der Waals surface area (Å²) in [6.07, 6.45) is 6.27. The second kappa shape index (κ2) is 9.47. The number of guanidine groups is 1. The molecule has 1 aliphatic heterocycles. The lowest BCUT2D eigenvalue weighted by molar-refractivity contribution is 0.0912. The Bertz CT molecular complexity index is 584. The molecule has 25 heavy (non-hydrogen) atoms. The van der Waals surface area contributed by atoms with Gasteiger partial charge in [-0.25, -0.2) is 4.99 Å². The molecule has 0 bridgehead atoms. The number of ether oxygens (including phenoxy) is 2. The molecular weight excluding hydrogens is 431 g/mol. The van der Waals surface area contributed by atoms with Gasteiger partial charge in [-0.2, -0.15) is 0 Å². The second-order valence-corrected chi connectivity index (χ2v) is 6.58. The minimum atomic E-state index is 0. The number of benzene rings is 1. The van der Waals surface area contributed by atoms with Crippen molar-refractivity contribution in [2.45, 2.75) is 44.2 Å². The molecule has 6 nitrogen and oxygen atoms in total. The predicted molar refractivity (Wildman–Crippen MR) is 112 cm³/mol. The highest BCUT2D eigenvalue weighted by Gasteiger charge is 2.34. The highest BCUT2D eigenvalue weighted by atomic mass is 127. The lowest BCUT2D eigenvalue weighted by Crippen LogP contribution is -2.49. The smallest absolute Gasteiger partial charge is 0.193 e. The van der Waals surface area contributed by atoms with Crippen LogP contribution in [0.1, 0.15) is 32.1 Å². The molecule has 7 heteroatoms. The average molecular weight is 460 g/mol. The molecule has 0 aromatic heterocycles. The molecule has 1 saturated carbocycles. The number of halogens is 1. The summed E-state index contributed by atoms with van der Waals surface area (Å²) >= 11 is 0. The summed E-state index contributed by atoms with van der Waals surface area (Å²) in [5.74, 6) is 1.90. The van der Waals surface area contributed by atoms with E-state index in [1.165, 1.54) is 32.4 Å². The van der Waals surface area contributed by atoms with Crippen molar-refractivity contribution in [3.63, 3.8) is 0 Å². The Morgan fingerprint density at radius 3 is 2.52 bits per heavy atom. The molecule has 1 heterocycles. The van der Waals surface area contributed by atoms with Gasteiger partial charge in [-0.3, -0.25) is 0 Å². The number of nitrogens with zero attached hydrogens (tertiary/aromatic N) is 2. The van der Waals surface area contributed by atoms with Crippen LogP contribution in [0, 0.1) is 0 Å². The van der Waals surface area contributed by atoms with E-state index in [9.17, 15) is 0 Å². The van der Waals surface area contributed by atoms with E-state index in [0.29, 0.717) is 23.8 Å². The molecule has 1 saturated heterocycles. The van der Waals surface area contributed by atoms with Crippen LogP contribution < -0.4 is 20.5 Å². The van der Waals surface area contributed by atoms with E-state index in [-0.39, 0.29) is 24.0 Å². The minimum Gasteiger partial charge on any atom is -0.497 e. The van der Waals surface area contributed by atoms with E-state index in [1.807, 2.05) is 18.2 Å². The van der Waals surface area contributed by atoms with Gasteiger partial charge in [0.1, 0.15) is 11.5 Å². The SMILES string of the molecule is COc1ccc(OC)c(NC(N)=NC2CC(N3CCCCC3)C2)c1.I. The van der Waals surface area contributed by atoms with Crippen molar-refractivity contribution in [2.75, 3.05) is 32.6 Å². The Balaban J connectivity index is 0.00000225. The number of anilines is 1. The summed E-state index contributed by atoms with van der Waals surface area (Å²) < 4.78 is 10.6. The standard InChI is InChI=1S/C18H28N4O2.HI/c1-23-15-6-7-17(24-2)16(12-15)21-18(19)20-13-10-14(11-13)22-8-4-3-5-9-22;/h6-7,12-14H,3-5,8-11H2,1-2H3,(H3,19,20,21);1H. The summed E-state index contributed by atoms with van der Waals surface area (Å²) in [4.78, 5) is 7.23. The number of rotatable bonds is 5. The van der Waals surface area contributed by atoms with Crippen molar-refractivity contribution >= 4 is 35.6 Å². The van der Waals surface area contributed by atoms with Gasteiger partial charge in [0.05, 0.1) is 25.9 Å². The molecule has 0 unspecified atom stereocenters. The van der Waals surface area contributed by atoms with Crippen molar-refractivity contribution in [1.29, 1.82) is 0 Å².